The Bertz CT molecular complexity index is 1980. The first-order chi connectivity index (χ1) is 30.0. The third-order valence-electron chi connectivity index (χ3n) is 13.1. The molecule has 0 radical (unpaired) electrons. The van der Waals surface area contributed by atoms with E-state index >= 15 is 9.59 Å². The number of hydrogen-bond acceptors (Lipinski definition) is 6. The van der Waals surface area contributed by atoms with Crippen LogP contribution in [0, 0.1) is 11.8 Å². The van der Waals surface area contributed by atoms with E-state index in [4.69, 9.17) is 4.98 Å². The Hall–Kier alpha value is -3.07. The number of thiophene rings is 2. The van der Waals surface area contributed by atoms with Crippen molar-refractivity contribution in [2.24, 2.45) is 11.8 Å². The normalized spacial score (nSPS) is 15.3. The van der Waals surface area contributed by atoms with E-state index in [1.165, 1.54) is 138 Å². The van der Waals surface area contributed by atoms with Gasteiger partial charge in [-0.3, -0.25) is 9.59 Å². The zero-order valence-electron chi connectivity index (χ0n) is 38.1. The molecule has 0 bridgehead atoms. The maximum Gasteiger partial charge on any atom is 0.261 e. The summed E-state index contributed by atoms with van der Waals surface area (Å²) in [6.07, 6.45) is 31.5. The Morgan fingerprint density at radius 1 is 0.525 bits per heavy atom. The Kier molecular flexibility index (Phi) is 19.6. The summed E-state index contributed by atoms with van der Waals surface area (Å²) in [5.74, 6) is 0.809. The summed E-state index contributed by atoms with van der Waals surface area (Å²) in [4.78, 5) is 42.1. The topological polar surface area (TPSA) is 53.5 Å². The van der Waals surface area contributed by atoms with Crippen LogP contribution >= 0.6 is 34.0 Å². The van der Waals surface area contributed by atoms with Gasteiger partial charge in [-0.15, -0.1) is 34.0 Å². The number of fused-ring (bicyclic) bond motifs is 2. The van der Waals surface area contributed by atoms with Crippen molar-refractivity contribution in [3.8, 4) is 10.6 Å². The molecule has 0 N–H and O–H groups in total. The number of benzene rings is 1. The molecule has 2 aliphatic heterocycles. The minimum atomic E-state index is 0.0131. The lowest BCUT2D eigenvalue weighted by atomic mass is 9.93. The molecule has 2 amide bonds. The Morgan fingerprint density at radius 3 is 1.48 bits per heavy atom. The molecule has 332 valence electrons. The summed E-state index contributed by atoms with van der Waals surface area (Å²) in [5, 5.41) is 3.07. The third kappa shape index (κ3) is 12.8. The molecule has 3 aromatic heterocycles. The number of nitrogens with zero attached hydrogens (tertiary/aromatic N) is 3. The molecule has 0 saturated carbocycles. The molecule has 5 heterocycles. The van der Waals surface area contributed by atoms with Crippen LogP contribution in [0.25, 0.3) is 31.4 Å². The van der Waals surface area contributed by atoms with Gasteiger partial charge in [0, 0.05) is 34.2 Å². The molecule has 0 aliphatic carbocycles. The number of thiazole rings is 1. The van der Waals surface area contributed by atoms with Gasteiger partial charge in [-0.25, -0.2) is 4.98 Å². The molecule has 2 unspecified atom stereocenters. The smallest absolute Gasteiger partial charge is 0.261 e. The first-order valence-electron chi connectivity index (χ1n) is 24.6. The number of unbranched alkanes of at least 4 members (excludes halogenated alkanes) is 16. The van der Waals surface area contributed by atoms with E-state index in [1.807, 2.05) is 12.3 Å². The van der Waals surface area contributed by atoms with Gasteiger partial charge in [-0.05, 0) is 55.0 Å². The summed E-state index contributed by atoms with van der Waals surface area (Å²) < 4.78 is 2.45. The van der Waals surface area contributed by atoms with Gasteiger partial charge >= 0.3 is 0 Å². The van der Waals surface area contributed by atoms with E-state index in [0.29, 0.717) is 36.1 Å². The van der Waals surface area contributed by atoms with Gasteiger partial charge in [0.1, 0.15) is 5.01 Å². The lowest BCUT2D eigenvalue weighted by molar-refractivity contribution is -0.124. The van der Waals surface area contributed by atoms with Crippen LogP contribution in [0.15, 0.2) is 65.2 Å². The van der Waals surface area contributed by atoms with E-state index in [-0.39, 0.29) is 11.8 Å². The molecule has 2 atom stereocenters. The monoisotopic (exact) mass is 882 g/mol. The second-order valence-corrected chi connectivity index (χ2v) is 21.0. The number of carbonyl (C=O) groups excluding carboxylic acids is 2. The number of carbonyl (C=O) groups is 2. The lowest BCUT2D eigenvalue weighted by Gasteiger charge is -2.29. The third-order valence-corrected chi connectivity index (χ3v) is 16.2. The highest BCUT2D eigenvalue weighted by Gasteiger charge is 2.50. The molecule has 5 nitrogen and oxygen atoms in total. The van der Waals surface area contributed by atoms with Gasteiger partial charge in [0.05, 0.1) is 32.3 Å². The highest BCUT2D eigenvalue weighted by atomic mass is 32.1. The zero-order valence-corrected chi connectivity index (χ0v) is 40.6. The van der Waals surface area contributed by atoms with Crippen molar-refractivity contribution in [3.63, 3.8) is 0 Å². The summed E-state index contributed by atoms with van der Waals surface area (Å²) >= 11 is 5.11. The lowest BCUT2D eigenvalue weighted by Crippen LogP contribution is -2.34. The fourth-order valence-electron chi connectivity index (χ4n) is 9.55. The van der Waals surface area contributed by atoms with Gasteiger partial charge in [0.25, 0.3) is 11.8 Å². The quantitative estimate of drug-likeness (QED) is 0.0473. The van der Waals surface area contributed by atoms with Crippen LogP contribution in [0.1, 0.15) is 192 Å². The van der Waals surface area contributed by atoms with Crippen molar-refractivity contribution in [2.45, 2.75) is 182 Å². The molecule has 61 heavy (non-hydrogen) atoms. The minimum Gasteiger partial charge on any atom is -0.306 e. The van der Waals surface area contributed by atoms with Crippen LogP contribution in [-0.4, -0.2) is 39.7 Å². The van der Waals surface area contributed by atoms with E-state index in [1.54, 1.807) is 34.0 Å². The van der Waals surface area contributed by atoms with E-state index in [2.05, 4.69) is 79.3 Å². The number of amides is 2. The van der Waals surface area contributed by atoms with Crippen LogP contribution < -0.4 is 0 Å². The van der Waals surface area contributed by atoms with Crippen LogP contribution in [0.3, 0.4) is 0 Å². The van der Waals surface area contributed by atoms with Crippen molar-refractivity contribution in [1.82, 2.24) is 14.8 Å². The predicted molar refractivity (Wildman–Crippen MR) is 265 cm³/mol. The standard InChI is InChI=1S/C53H75N3O2S3/c1-5-9-13-17-19-24-30-40(28-22-15-11-7-3)38-55-49(45-36-44-43(60-45)34-35-59-44)47-48(53(55)58)50(46-37-54-51(61-46)42-32-26-21-27-33-42)56(52(47)57)39-41(29-23-16-12-8-4)31-25-20-18-14-10-6-2/h21,26-27,32-37,40-41H,5-20,22-25,28-31,38-39H2,1-4H3. The van der Waals surface area contributed by atoms with Crippen molar-refractivity contribution < 1.29 is 9.59 Å². The molecule has 4 aromatic rings. The fourth-order valence-corrected chi connectivity index (χ4v) is 12.7. The first kappa shape index (κ1) is 47.4. The summed E-state index contributed by atoms with van der Waals surface area (Å²) in [6, 6.07) is 14.8. The summed E-state index contributed by atoms with van der Waals surface area (Å²) in [5.41, 5.74) is 3.99. The number of hydrogen-bond donors (Lipinski definition) is 0. The molecule has 0 saturated heterocycles. The van der Waals surface area contributed by atoms with Gasteiger partial charge in [-0.2, -0.15) is 0 Å². The second kappa shape index (κ2) is 25.3. The molecule has 8 heteroatoms. The average Bonchev–Trinajstić information content (AvgIpc) is 4.11. The average molecular weight is 882 g/mol. The highest BCUT2D eigenvalue weighted by molar-refractivity contribution is 7.27. The van der Waals surface area contributed by atoms with Gasteiger partial charge < -0.3 is 9.80 Å². The Labute approximate surface area is 381 Å². The maximum atomic E-state index is 15.5. The van der Waals surface area contributed by atoms with Crippen LogP contribution in [0.5, 0.6) is 0 Å². The summed E-state index contributed by atoms with van der Waals surface area (Å²) in [6.45, 7) is 10.4. The largest absolute Gasteiger partial charge is 0.306 e. The zero-order chi connectivity index (χ0) is 42.8. The molecule has 0 fully saturated rings. The summed E-state index contributed by atoms with van der Waals surface area (Å²) in [7, 11) is 0. The van der Waals surface area contributed by atoms with Crippen LogP contribution in [0.2, 0.25) is 0 Å². The highest BCUT2D eigenvalue weighted by Crippen LogP contribution is 2.51. The predicted octanol–water partition coefficient (Wildman–Crippen LogP) is 16.6. The molecule has 6 rings (SSSR count). The minimum absolute atomic E-state index is 0.0131. The van der Waals surface area contributed by atoms with Crippen molar-refractivity contribution in [2.75, 3.05) is 13.1 Å². The SMILES string of the molecule is CCCCCCCCC(CCCCCC)CN1C(=O)C2=C(c3cc4sccc4s3)N(CC(CCCCCC)CCCCCCCC)C(=O)C2=C1c1cnc(-c2ccccc2)s1. The second-order valence-electron chi connectivity index (χ2n) is 18.0. The van der Waals surface area contributed by atoms with Crippen LogP contribution in [0.4, 0.5) is 0 Å². The van der Waals surface area contributed by atoms with Crippen molar-refractivity contribution in [3.05, 3.63) is 74.9 Å². The molecular formula is C53H75N3O2S3. The fraction of sp³-hybridized carbons (Fsp3) is 0.604. The van der Waals surface area contributed by atoms with E-state index in [9.17, 15) is 0 Å². The first-order valence-corrected chi connectivity index (χ1v) is 27.1. The van der Waals surface area contributed by atoms with Crippen molar-refractivity contribution >= 4 is 66.6 Å². The maximum absolute atomic E-state index is 15.5. The Balaban J connectivity index is 1.39. The molecule has 0 spiro atoms. The van der Waals surface area contributed by atoms with Gasteiger partial charge in [0.15, 0.2) is 0 Å². The molecule has 2 aliphatic rings. The van der Waals surface area contributed by atoms with Crippen LogP contribution in [-0.2, 0) is 9.59 Å². The van der Waals surface area contributed by atoms with Gasteiger partial charge in [0.2, 0.25) is 0 Å². The van der Waals surface area contributed by atoms with E-state index < -0.39 is 0 Å². The number of aromatic nitrogens is 1. The number of rotatable bonds is 31. The molecular weight excluding hydrogens is 807 g/mol. The Morgan fingerprint density at radius 2 is 0.984 bits per heavy atom. The van der Waals surface area contributed by atoms with Crippen molar-refractivity contribution in [1.29, 1.82) is 0 Å². The van der Waals surface area contributed by atoms with Gasteiger partial charge in [-0.1, -0.05) is 186 Å². The molecule has 1 aromatic carbocycles. The van der Waals surface area contributed by atoms with E-state index in [0.717, 1.165) is 57.4 Å².